The molecule has 4 rings (SSSR count). The van der Waals surface area contributed by atoms with Gasteiger partial charge < -0.3 is 10.2 Å². The average molecular weight is 407 g/mol. The summed E-state index contributed by atoms with van der Waals surface area (Å²) in [6.45, 7) is 4.65. The Balaban J connectivity index is 1.49. The number of hydrogen-bond donors (Lipinski definition) is 1. The Kier molecular flexibility index (Phi) is 5.40. The van der Waals surface area contributed by atoms with Gasteiger partial charge in [0, 0.05) is 17.8 Å². The molecule has 0 saturated carbocycles. The SMILES string of the molecule is Cc1ccc(NC(=O)c2nnc([C@@H]3CCCN3C(=O)c3cccc(C)c3)s2)cc1. The third kappa shape index (κ3) is 4.19. The Hall–Kier alpha value is -3.06. The van der Waals surface area contributed by atoms with Crippen LogP contribution in [0.2, 0.25) is 0 Å². The van der Waals surface area contributed by atoms with Crippen LogP contribution in [0.25, 0.3) is 0 Å². The maximum atomic E-state index is 13.0. The maximum Gasteiger partial charge on any atom is 0.286 e. The van der Waals surface area contributed by atoms with Crippen LogP contribution in [0.3, 0.4) is 0 Å². The highest BCUT2D eigenvalue weighted by Crippen LogP contribution is 2.34. The van der Waals surface area contributed by atoms with E-state index in [1.165, 1.54) is 11.3 Å². The highest BCUT2D eigenvalue weighted by molar-refractivity contribution is 7.13. The lowest BCUT2D eigenvalue weighted by atomic mass is 10.1. The fourth-order valence-corrected chi connectivity index (χ4v) is 4.38. The van der Waals surface area contributed by atoms with E-state index in [1.54, 1.807) is 0 Å². The van der Waals surface area contributed by atoms with Crippen LogP contribution in [0, 0.1) is 13.8 Å². The molecular formula is C22H22N4O2S. The Morgan fingerprint density at radius 1 is 1.07 bits per heavy atom. The summed E-state index contributed by atoms with van der Waals surface area (Å²) in [4.78, 5) is 27.4. The van der Waals surface area contributed by atoms with E-state index in [-0.39, 0.29) is 17.9 Å². The van der Waals surface area contributed by atoms with Crippen LogP contribution < -0.4 is 5.32 Å². The predicted molar refractivity (Wildman–Crippen MR) is 113 cm³/mol. The first-order valence-corrected chi connectivity index (χ1v) is 10.4. The molecule has 2 amide bonds. The minimum absolute atomic E-state index is 0.00273. The zero-order valence-electron chi connectivity index (χ0n) is 16.4. The van der Waals surface area contributed by atoms with Gasteiger partial charge in [0.1, 0.15) is 5.01 Å². The van der Waals surface area contributed by atoms with Gasteiger partial charge in [0.05, 0.1) is 6.04 Å². The Labute approximate surface area is 173 Å². The van der Waals surface area contributed by atoms with Crippen LogP contribution in [0.1, 0.15) is 55.2 Å². The highest BCUT2D eigenvalue weighted by atomic mass is 32.1. The lowest BCUT2D eigenvalue weighted by Crippen LogP contribution is -2.30. The maximum absolute atomic E-state index is 13.0. The highest BCUT2D eigenvalue weighted by Gasteiger charge is 2.33. The molecule has 0 aliphatic carbocycles. The minimum Gasteiger partial charge on any atom is -0.329 e. The molecule has 0 spiro atoms. The number of nitrogens with zero attached hydrogens (tertiary/aromatic N) is 3. The number of rotatable bonds is 4. The third-order valence-electron chi connectivity index (χ3n) is 5.01. The predicted octanol–water partition coefficient (Wildman–Crippen LogP) is 4.38. The van der Waals surface area contributed by atoms with E-state index in [1.807, 2.05) is 67.3 Å². The van der Waals surface area contributed by atoms with Crippen molar-refractivity contribution in [3.63, 3.8) is 0 Å². The first kappa shape index (κ1) is 19.3. The van der Waals surface area contributed by atoms with E-state index < -0.39 is 0 Å². The summed E-state index contributed by atoms with van der Waals surface area (Å²) in [6, 6.07) is 15.1. The second kappa shape index (κ2) is 8.13. The molecule has 0 unspecified atom stereocenters. The van der Waals surface area contributed by atoms with Crippen molar-refractivity contribution in [2.24, 2.45) is 0 Å². The van der Waals surface area contributed by atoms with E-state index in [4.69, 9.17) is 0 Å². The number of amides is 2. The van der Waals surface area contributed by atoms with Crippen LogP contribution in [-0.4, -0.2) is 33.5 Å². The molecule has 1 atom stereocenters. The number of nitrogens with one attached hydrogen (secondary N) is 1. The summed E-state index contributed by atoms with van der Waals surface area (Å²) in [6.07, 6.45) is 1.73. The molecule has 1 fully saturated rings. The topological polar surface area (TPSA) is 75.2 Å². The molecule has 2 heterocycles. The molecule has 6 nitrogen and oxygen atoms in total. The van der Waals surface area contributed by atoms with Gasteiger partial charge >= 0.3 is 0 Å². The second-order valence-electron chi connectivity index (χ2n) is 7.29. The van der Waals surface area contributed by atoms with Gasteiger partial charge in [-0.2, -0.15) is 0 Å². The largest absolute Gasteiger partial charge is 0.329 e. The lowest BCUT2D eigenvalue weighted by molar-refractivity contribution is 0.0734. The fraction of sp³-hybridized carbons (Fsp3) is 0.273. The van der Waals surface area contributed by atoms with Crippen LogP contribution >= 0.6 is 11.3 Å². The van der Waals surface area contributed by atoms with Crippen molar-refractivity contribution in [3.8, 4) is 0 Å². The summed E-state index contributed by atoms with van der Waals surface area (Å²) in [5, 5.41) is 12.2. The fourth-order valence-electron chi connectivity index (χ4n) is 3.49. The summed E-state index contributed by atoms with van der Waals surface area (Å²) in [5.74, 6) is -0.288. The minimum atomic E-state index is -0.285. The van der Waals surface area contributed by atoms with Gasteiger partial charge in [-0.15, -0.1) is 10.2 Å². The number of benzene rings is 2. The van der Waals surface area contributed by atoms with E-state index in [0.29, 0.717) is 22.1 Å². The van der Waals surface area contributed by atoms with Crippen molar-refractivity contribution in [2.45, 2.75) is 32.7 Å². The number of carbonyl (C=O) groups excluding carboxylic acids is 2. The van der Waals surface area contributed by atoms with Crippen LogP contribution in [0.4, 0.5) is 5.69 Å². The Morgan fingerprint density at radius 3 is 2.62 bits per heavy atom. The van der Waals surface area contributed by atoms with Gasteiger partial charge in [-0.3, -0.25) is 9.59 Å². The molecule has 2 aromatic carbocycles. The van der Waals surface area contributed by atoms with Crippen LogP contribution in [0.15, 0.2) is 48.5 Å². The van der Waals surface area contributed by atoms with Crippen molar-refractivity contribution in [1.82, 2.24) is 15.1 Å². The number of aryl methyl sites for hydroxylation is 2. The van der Waals surface area contributed by atoms with Crippen molar-refractivity contribution >= 4 is 28.8 Å². The second-order valence-corrected chi connectivity index (χ2v) is 8.30. The molecule has 1 N–H and O–H groups in total. The first-order chi connectivity index (χ1) is 14.0. The van der Waals surface area contributed by atoms with Crippen LogP contribution in [-0.2, 0) is 0 Å². The van der Waals surface area contributed by atoms with E-state index in [0.717, 1.165) is 29.7 Å². The standard InChI is InChI=1S/C22H22N4O2S/c1-14-8-10-17(11-9-14)23-19(27)21-25-24-20(29-21)18-7-4-12-26(18)22(28)16-6-3-5-15(2)13-16/h3,5-6,8-11,13,18H,4,7,12H2,1-2H3,(H,23,27)/t18-/m0/s1. The molecular weight excluding hydrogens is 384 g/mol. The molecule has 29 heavy (non-hydrogen) atoms. The van der Waals surface area contributed by atoms with E-state index >= 15 is 0 Å². The molecule has 1 aliphatic rings. The first-order valence-electron chi connectivity index (χ1n) is 9.60. The normalized spacial score (nSPS) is 16.1. The molecule has 148 valence electrons. The summed E-state index contributed by atoms with van der Waals surface area (Å²) in [5.41, 5.74) is 3.58. The van der Waals surface area contributed by atoms with Gasteiger partial charge in [-0.05, 0) is 51.0 Å². The number of likely N-dealkylation sites (tertiary alicyclic amines) is 1. The molecule has 3 aromatic rings. The van der Waals surface area contributed by atoms with Crippen molar-refractivity contribution in [1.29, 1.82) is 0 Å². The van der Waals surface area contributed by atoms with Gasteiger partial charge in [0.2, 0.25) is 5.01 Å². The number of carbonyl (C=O) groups is 2. The van der Waals surface area contributed by atoms with E-state index in [9.17, 15) is 9.59 Å². The van der Waals surface area contributed by atoms with Crippen molar-refractivity contribution < 1.29 is 9.59 Å². The summed E-state index contributed by atoms with van der Waals surface area (Å²) < 4.78 is 0. The zero-order valence-corrected chi connectivity index (χ0v) is 17.2. The molecule has 1 aromatic heterocycles. The van der Waals surface area contributed by atoms with Gasteiger partial charge in [0.15, 0.2) is 0 Å². The lowest BCUT2D eigenvalue weighted by Gasteiger charge is -2.23. The van der Waals surface area contributed by atoms with Gasteiger partial charge in [-0.25, -0.2) is 0 Å². The van der Waals surface area contributed by atoms with Crippen molar-refractivity contribution in [2.75, 3.05) is 11.9 Å². The molecule has 7 heteroatoms. The Bertz CT molecular complexity index is 1040. The summed E-state index contributed by atoms with van der Waals surface area (Å²) >= 11 is 1.25. The molecule has 0 radical (unpaired) electrons. The summed E-state index contributed by atoms with van der Waals surface area (Å²) in [7, 11) is 0. The van der Waals surface area contributed by atoms with Crippen molar-refractivity contribution in [3.05, 3.63) is 75.2 Å². The third-order valence-corrected chi connectivity index (χ3v) is 6.03. The number of anilines is 1. The quantitative estimate of drug-likeness (QED) is 0.697. The molecule has 1 aliphatic heterocycles. The molecule has 0 bridgehead atoms. The average Bonchev–Trinajstić information content (AvgIpc) is 3.38. The molecule has 1 saturated heterocycles. The smallest absolute Gasteiger partial charge is 0.286 e. The zero-order chi connectivity index (χ0) is 20.4. The van der Waals surface area contributed by atoms with Crippen LogP contribution in [0.5, 0.6) is 0 Å². The van der Waals surface area contributed by atoms with Gasteiger partial charge in [-0.1, -0.05) is 46.7 Å². The Morgan fingerprint density at radius 2 is 1.86 bits per heavy atom. The number of hydrogen-bond acceptors (Lipinski definition) is 5. The van der Waals surface area contributed by atoms with Gasteiger partial charge in [0.25, 0.3) is 11.8 Å². The van der Waals surface area contributed by atoms with E-state index in [2.05, 4.69) is 15.5 Å². The number of aromatic nitrogens is 2. The monoisotopic (exact) mass is 406 g/mol.